The first-order chi connectivity index (χ1) is 8.04. The van der Waals surface area contributed by atoms with E-state index in [2.05, 4.69) is 0 Å². The molecule has 5 heteroatoms. The molecule has 0 saturated carbocycles. The maximum absolute atomic E-state index is 13.9. The molecule has 0 spiro atoms. The Morgan fingerprint density at radius 1 is 1.53 bits per heavy atom. The number of carboxylic acid groups (broad SMARTS) is 1. The fourth-order valence-electron chi connectivity index (χ4n) is 1.69. The highest BCUT2D eigenvalue weighted by molar-refractivity contribution is 7.17. The first-order valence-corrected chi connectivity index (χ1v) is 5.90. The fraction of sp³-hybridized carbons (Fsp3) is 0.250. The van der Waals surface area contributed by atoms with Crippen molar-refractivity contribution in [3.63, 3.8) is 0 Å². The van der Waals surface area contributed by atoms with Gasteiger partial charge < -0.3 is 9.84 Å². The van der Waals surface area contributed by atoms with E-state index < -0.39 is 17.7 Å². The lowest BCUT2D eigenvalue weighted by atomic mass is 10.0. The Morgan fingerprint density at radius 3 is 2.82 bits per heavy atom. The number of rotatable bonds is 3. The van der Waals surface area contributed by atoms with Crippen LogP contribution in [0.5, 0.6) is 5.75 Å². The molecule has 2 aromatic rings. The van der Waals surface area contributed by atoms with Crippen molar-refractivity contribution >= 4 is 27.4 Å². The van der Waals surface area contributed by atoms with Gasteiger partial charge in [-0.1, -0.05) is 0 Å². The topological polar surface area (TPSA) is 46.5 Å². The van der Waals surface area contributed by atoms with Crippen molar-refractivity contribution in [1.82, 2.24) is 0 Å². The highest BCUT2D eigenvalue weighted by atomic mass is 32.1. The standard InChI is InChI=1S/C12H11FO3S/c1-6(12(14)15)8-5-17-10-4-7(16-2)3-9(13)11(8)10/h3-6H,1-2H3,(H,14,15). The number of hydrogen-bond acceptors (Lipinski definition) is 3. The van der Waals surface area contributed by atoms with Crippen molar-refractivity contribution in [2.45, 2.75) is 12.8 Å². The minimum atomic E-state index is -0.958. The number of fused-ring (bicyclic) bond motifs is 1. The van der Waals surface area contributed by atoms with E-state index in [1.807, 2.05) is 0 Å². The summed E-state index contributed by atoms with van der Waals surface area (Å²) in [5.74, 6) is -1.68. The molecule has 1 N–H and O–H groups in total. The van der Waals surface area contributed by atoms with Crippen LogP contribution < -0.4 is 4.74 Å². The Kier molecular flexibility index (Phi) is 3.02. The molecule has 0 amide bonds. The zero-order valence-corrected chi connectivity index (χ0v) is 10.2. The van der Waals surface area contributed by atoms with E-state index >= 15 is 0 Å². The van der Waals surface area contributed by atoms with Crippen LogP contribution in [0.1, 0.15) is 18.4 Å². The van der Waals surface area contributed by atoms with E-state index in [1.165, 1.54) is 24.5 Å². The molecule has 1 atom stereocenters. The third-order valence-corrected chi connectivity index (χ3v) is 3.65. The predicted molar refractivity (Wildman–Crippen MR) is 64.4 cm³/mol. The number of methoxy groups -OCH3 is 1. The summed E-state index contributed by atoms with van der Waals surface area (Å²) in [4.78, 5) is 10.9. The maximum Gasteiger partial charge on any atom is 0.310 e. The number of ether oxygens (including phenoxy) is 1. The number of benzene rings is 1. The molecule has 3 nitrogen and oxygen atoms in total. The van der Waals surface area contributed by atoms with Gasteiger partial charge in [-0.15, -0.1) is 11.3 Å². The van der Waals surface area contributed by atoms with Crippen LogP contribution in [0.2, 0.25) is 0 Å². The molecule has 17 heavy (non-hydrogen) atoms. The van der Waals surface area contributed by atoms with E-state index in [-0.39, 0.29) is 0 Å². The fourth-order valence-corrected chi connectivity index (χ4v) is 2.78. The molecule has 1 unspecified atom stereocenters. The second kappa shape index (κ2) is 4.33. The van der Waals surface area contributed by atoms with Gasteiger partial charge in [-0.2, -0.15) is 0 Å². The molecule has 1 aromatic heterocycles. The largest absolute Gasteiger partial charge is 0.497 e. The van der Waals surface area contributed by atoms with Gasteiger partial charge in [0.1, 0.15) is 11.6 Å². The Bertz CT molecular complexity index is 576. The highest BCUT2D eigenvalue weighted by Gasteiger charge is 2.20. The van der Waals surface area contributed by atoms with Gasteiger partial charge in [-0.25, -0.2) is 4.39 Å². The van der Waals surface area contributed by atoms with Crippen molar-refractivity contribution < 1.29 is 19.0 Å². The molecule has 90 valence electrons. The lowest BCUT2D eigenvalue weighted by Gasteiger charge is -2.06. The molecule has 0 radical (unpaired) electrons. The lowest BCUT2D eigenvalue weighted by molar-refractivity contribution is -0.138. The molecule has 0 saturated heterocycles. The van der Waals surface area contributed by atoms with E-state index in [4.69, 9.17) is 9.84 Å². The minimum Gasteiger partial charge on any atom is -0.497 e. The van der Waals surface area contributed by atoms with Crippen molar-refractivity contribution in [3.8, 4) is 5.75 Å². The van der Waals surface area contributed by atoms with E-state index in [1.54, 1.807) is 18.4 Å². The Labute approximate surface area is 101 Å². The summed E-state index contributed by atoms with van der Waals surface area (Å²) in [5, 5.41) is 11.0. The first kappa shape index (κ1) is 11.9. The summed E-state index contributed by atoms with van der Waals surface area (Å²) < 4.78 is 19.6. The SMILES string of the molecule is COc1cc(F)c2c(C(C)C(=O)O)csc2c1. The molecule has 2 rings (SSSR count). The van der Waals surface area contributed by atoms with Gasteiger partial charge in [0.05, 0.1) is 13.0 Å². The van der Waals surface area contributed by atoms with E-state index in [9.17, 15) is 9.18 Å². The number of halogens is 1. The summed E-state index contributed by atoms with van der Waals surface area (Å²) in [7, 11) is 1.47. The van der Waals surface area contributed by atoms with Crippen LogP contribution in [0.3, 0.4) is 0 Å². The first-order valence-electron chi connectivity index (χ1n) is 5.02. The summed E-state index contributed by atoms with van der Waals surface area (Å²) in [6.07, 6.45) is 0. The molecule has 0 bridgehead atoms. The van der Waals surface area contributed by atoms with Crippen molar-refractivity contribution in [2.24, 2.45) is 0 Å². The molecule has 1 aromatic carbocycles. The Hall–Kier alpha value is -1.62. The summed E-state index contributed by atoms with van der Waals surface area (Å²) in [6.45, 7) is 1.55. The average molecular weight is 254 g/mol. The normalized spacial score (nSPS) is 12.6. The highest BCUT2D eigenvalue weighted by Crippen LogP contribution is 2.35. The van der Waals surface area contributed by atoms with Crippen LogP contribution in [0.25, 0.3) is 10.1 Å². The van der Waals surface area contributed by atoms with Crippen LogP contribution in [0.4, 0.5) is 4.39 Å². The molecule has 0 aliphatic heterocycles. The van der Waals surface area contributed by atoms with Crippen LogP contribution >= 0.6 is 11.3 Å². The van der Waals surface area contributed by atoms with Gasteiger partial charge in [0.15, 0.2) is 0 Å². The van der Waals surface area contributed by atoms with Gasteiger partial charge in [0.25, 0.3) is 0 Å². The predicted octanol–water partition coefficient (Wildman–Crippen LogP) is 3.24. The third kappa shape index (κ3) is 1.98. The average Bonchev–Trinajstić information content (AvgIpc) is 2.71. The van der Waals surface area contributed by atoms with Crippen LogP contribution in [0.15, 0.2) is 17.5 Å². The van der Waals surface area contributed by atoms with Gasteiger partial charge in [-0.05, 0) is 23.9 Å². The zero-order chi connectivity index (χ0) is 12.6. The Morgan fingerprint density at radius 2 is 2.24 bits per heavy atom. The smallest absolute Gasteiger partial charge is 0.310 e. The van der Waals surface area contributed by atoms with Gasteiger partial charge in [0, 0.05) is 16.2 Å². The number of hydrogen-bond donors (Lipinski definition) is 1. The van der Waals surface area contributed by atoms with Gasteiger partial charge in [-0.3, -0.25) is 4.79 Å². The monoisotopic (exact) mass is 254 g/mol. The molecule has 0 fully saturated rings. The lowest BCUT2D eigenvalue weighted by Crippen LogP contribution is -2.06. The minimum absolute atomic E-state index is 0.380. The molecular weight excluding hydrogens is 243 g/mol. The number of carbonyl (C=O) groups is 1. The van der Waals surface area contributed by atoms with Crippen molar-refractivity contribution in [1.29, 1.82) is 0 Å². The van der Waals surface area contributed by atoms with Crippen LogP contribution in [-0.2, 0) is 4.79 Å². The quantitative estimate of drug-likeness (QED) is 0.914. The third-order valence-electron chi connectivity index (χ3n) is 2.70. The zero-order valence-electron chi connectivity index (χ0n) is 9.36. The second-order valence-corrected chi connectivity index (χ2v) is 4.64. The van der Waals surface area contributed by atoms with Gasteiger partial charge >= 0.3 is 5.97 Å². The van der Waals surface area contributed by atoms with Crippen LogP contribution in [0, 0.1) is 5.82 Å². The van der Waals surface area contributed by atoms with Gasteiger partial charge in [0.2, 0.25) is 0 Å². The summed E-state index contributed by atoms with van der Waals surface area (Å²) in [6, 6.07) is 2.98. The number of aliphatic carboxylic acids is 1. The van der Waals surface area contributed by atoms with Crippen LogP contribution in [-0.4, -0.2) is 18.2 Å². The summed E-state index contributed by atoms with van der Waals surface area (Å²) >= 11 is 1.32. The van der Waals surface area contributed by atoms with Crippen molar-refractivity contribution in [2.75, 3.05) is 7.11 Å². The number of carboxylic acids is 1. The second-order valence-electron chi connectivity index (χ2n) is 3.73. The molecule has 0 aliphatic carbocycles. The molecule has 0 aliphatic rings. The molecule has 1 heterocycles. The number of thiophene rings is 1. The molecular formula is C12H11FO3S. The Balaban J connectivity index is 2.65. The summed E-state index contributed by atoms with van der Waals surface area (Å²) in [5.41, 5.74) is 0.512. The van der Waals surface area contributed by atoms with E-state index in [0.29, 0.717) is 21.4 Å². The van der Waals surface area contributed by atoms with E-state index in [0.717, 1.165) is 0 Å². The maximum atomic E-state index is 13.9. The van der Waals surface area contributed by atoms with Crippen molar-refractivity contribution in [3.05, 3.63) is 28.9 Å².